The number of benzene rings is 1. The minimum absolute atomic E-state index is 0.0576. The van der Waals surface area contributed by atoms with Crippen LogP contribution in [0.15, 0.2) is 18.3 Å². The number of nitrogen functional groups attached to an aromatic ring is 1. The maximum absolute atomic E-state index is 16.6. The molecule has 1 aromatic carbocycles. The molecule has 7 rings (SSSR count). The average Bonchev–Trinajstić information content (AvgIpc) is 3.39. The van der Waals surface area contributed by atoms with Crippen molar-refractivity contribution in [2.24, 2.45) is 5.92 Å². The van der Waals surface area contributed by atoms with Crippen LogP contribution < -0.4 is 20.7 Å². The highest BCUT2D eigenvalue weighted by Crippen LogP contribution is 2.38. The van der Waals surface area contributed by atoms with E-state index in [1.54, 1.807) is 18.3 Å². The zero-order valence-electron chi connectivity index (χ0n) is 24.2. The van der Waals surface area contributed by atoms with Crippen LogP contribution in [0.1, 0.15) is 56.9 Å². The van der Waals surface area contributed by atoms with Crippen LogP contribution in [0.3, 0.4) is 0 Å². The van der Waals surface area contributed by atoms with Crippen LogP contribution in [0.4, 0.5) is 15.9 Å². The smallest absolute Gasteiger partial charge is 0.319 e. The number of likely N-dealkylation sites (tertiary alicyclic amines) is 1. The summed E-state index contributed by atoms with van der Waals surface area (Å²) in [5.74, 6) is 0.528. The number of nitrogens with two attached hydrogens (primary N) is 1. The lowest BCUT2D eigenvalue weighted by molar-refractivity contribution is -0.121. The van der Waals surface area contributed by atoms with Crippen molar-refractivity contribution in [2.45, 2.75) is 63.8 Å². The fourth-order valence-electron chi connectivity index (χ4n) is 6.58. The largest absolute Gasteiger partial charge is 0.462 e. The van der Waals surface area contributed by atoms with Crippen molar-refractivity contribution in [1.29, 1.82) is 0 Å². The van der Waals surface area contributed by atoms with E-state index in [9.17, 15) is 4.79 Å². The second kappa shape index (κ2) is 12.6. The van der Waals surface area contributed by atoms with E-state index >= 15 is 4.39 Å². The van der Waals surface area contributed by atoms with E-state index in [1.165, 1.54) is 0 Å². The number of fused-ring (bicyclic) bond motifs is 8. The first-order chi connectivity index (χ1) is 20.4. The van der Waals surface area contributed by atoms with Gasteiger partial charge in [0, 0.05) is 54.6 Å². The van der Waals surface area contributed by atoms with E-state index in [4.69, 9.17) is 27.1 Å². The summed E-state index contributed by atoms with van der Waals surface area (Å²) in [6, 6.07) is 3.84. The lowest BCUT2D eigenvalue weighted by atomic mass is 9.94. The molecule has 6 bridgehead atoms. The van der Waals surface area contributed by atoms with Crippen LogP contribution in [0, 0.1) is 11.7 Å². The number of carbonyl (C=O) groups excluding carboxylic acids is 1. The minimum Gasteiger partial charge on any atom is -0.462 e. The molecule has 11 heteroatoms. The molecule has 2 fully saturated rings. The van der Waals surface area contributed by atoms with E-state index in [0.29, 0.717) is 65.8 Å². The Hall–Kier alpha value is -3.24. The molecule has 2 aromatic heterocycles. The Morgan fingerprint density at radius 3 is 2.79 bits per heavy atom. The molecule has 0 spiro atoms. The number of aromatic nitrogens is 3. The third kappa shape index (κ3) is 6.10. The van der Waals surface area contributed by atoms with Crippen molar-refractivity contribution in [1.82, 2.24) is 25.2 Å². The standard InChI is InChI=1S/C31H39ClFN7O2/c1-39-12-5-7-21(39)18-42-31-37-29-24-16-36-28(27(29)33)23-14-20(34)15-25(32)22(23)8-2-3-9-26(41)35-11-10-19-6-4-13-40(17-19)30(24)38-31/h14-16,19,21H,2-13,17-18,34H2,1H3,(H,35,41)/t19?,21-/m0/s1. The van der Waals surface area contributed by atoms with Gasteiger partial charge in [-0.25, -0.2) is 4.39 Å². The second-order valence-electron chi connectivity index (χ2n) is 11.9. The Balaban J connectivity index is 1.47. The summed E-state index contributed by atoms with van der Waals surface area (Å²) in [4.78, 5) is 31.1. The van der Waals surface area contributed by atoms with E-state index < -0.39 is 5.82 Å². The van der Waals surface area contributed by atoms with E-state index in [0.717, 1.165) is 63.7 Å². The number of ether oxygens (including phenoxy) is 1. The predicted molar refractivity (Wildman–Crippen MR) is 163 cm³/mol. The highest BCUT2D eigenvalue weighted by molar-refractivity contribution is 6.32. The quantitative estimate of drug-likeness (QED) is 0.408. The van der Waals surface area contributed by atoms with Gasteiger partial charge >= 0.3 is 6.01 Å². The lowest BCUT2D eigenvalue weighted by Gasteiger charge is -2.34. The fourth-order valence-corrected chi connectivity index (χ4v) is 6.91. The Morgan fingerprint density at radius 1 is 1.12 bits per heavy atom. The second-order valence-corrected chi connectivity index (χ2v) is 12.3. The number of anilines is 2. The normalized spacial score (nSPS) is 22.2. The number of nitrogens with one attached hydrogen (secondary N) is 1. The number of rotatable bonds is 3. The molecule has 42 heavy (non-hydrogen) atoms. The number of pyridine rings is 1. The van der Waals surface area contributed by atoms with Gasteiger partial charge in [-0.1, -0.05) is 11.6 Å². The number of carbonyl (C=O) groups is 1. The molecule has 0 aliphatic carbocycles. The lowest BCUT2D eigenvalue weighted by Crippen LogP contribution is -2.38. The van der Waals surface area contributed by atoms with Gasteiger partial charge in [-0.2, -0.15) is 9.97 Å². The van der Waals surface area contributed by atoms with Gasteiger partial charge in [-0.05, 0) is 88.6 Å². The van der Waals surface area contributed by atoms with Gasteiger partial charge in [-0.15, -0.1) is 0 Å². The first-order valence-electron chi connectivity index (χ1n) is 15.2. The van der Waals surface area contributed by atoms with Crippen molar-refractivity contribution in [3.63, 3.8) is 0 Å². The molecule has 224 valence electrons. The van der Waals surface area contributed by atoms with Gasteiger partial charge in [0.05, 0.1) is 5.39 Å². The zero-order chi connectivity index (χ0) is 29.2. The molecule has 4 aliphatic heterocycles. The van der Waals surface area contributed by atoms with Crippen molar-refractivity contribution in [2.75, 3.05) is 50.5 Å². The fraction of sp³-hybridized carbons (Fsp3) is 0.548. The summed E-state index contributed by atoms with van der Waals surface area (Å²) >= 11 is 6.65. The maximum Gasteiger partial charge on any atom is 0.319 e. The number of halogens is 2. The Morgan fingerprint density at radius 2 is 1.95 bits per heavy atom. The van der Waals surface area contributed by atoms with Crippen LogP contribution >= 0.6 is 11.6 Å². The third-order valence-electron chi connectivity index (χ3n) is 8.97. The van der Waals surface area contributed by atoms with E-state index in [1.807, 2.05) is 0 Å². The number of nitrogens with zero attached hydrogens (tertiary/aromatic N) is 5. The topological polar surface area (TPSA) is 109 Å². The predicted octanol–water partition coefficient (Wildman–Crippen LogP) is 4.99. The van der Waals surface area contributed by atoms with Gasteiger partial charge in [0.25, 0.3) is 0 Å². The molecule has 3 aromatic rings. The number of likely N-dealkylation sites (N-methyl/N-ethyl adjacent to an activating group) is 1. The Kier molecular flexibility index (Phi) is 8.62. The molecule has 1 unspecified atom stereocenters. The molecule has 6 heterocycles. The Bertz CT molecular complexity index is 1470. The molecule has 9 nitrogen and oxygen atoms in total. The average molecular weight is 596 g/mol. The summed E-state index contributed by atoms with van der Waals surface area (Å²) in [6.07, 6.45) is 9.19. The maximum atomic E-state index is 16.6. The van der Waals surface area contributed by atoms with Crippen LogP contribution in [0.5, 0.6) is 6.01 Å². The van der Waals surface area contributed by atoms with Crippen molar-refractivity contribution >= 4 is 39.9 Å². The molecule has 0 radical (unpaired) electrons. The molecular weight excluding hydrogens is 557 g/mol. The van der Waals surface area contributed by atoms with E-state index in [2.05, 4.69) is 32.1 Å². The zero-order valence-corrected chi connectivity index (χ0v) is 24.9. The van der Waals surface area contributed by atoms with Gasteiger partial charge in [-0.3, -0.25) is 9.78 Å². The summed E-state index contributed by atoms with van der Waals surface area (Å²) in [5, 5.41) is 4.10. The van der Waals surface area contributed by atoms with Gasteiger partial charge in [0.2, 0.25) is 5.91 Å². The number of hydrogen-bond acceptors (Lipinski definition) is 8. The summed E-state index contributed by atoms with van der Waals surface area (Å²) in [7, 11) is 2.09. The highest BCUT2D eigenvalue weighted by atomic mass is 35.5. The Labute approximate surface area is 251 Å². The molecule has 3 N–H and O–H groups in total. The van der Waals surface area contributed by atoms with Crippen LogP contribution in [-0.4, -0.2) is 71.6 Å². The minimum atomic E-state index is -0.545. The third-order valence-corrected chi connectivity index (χ3v) is 9.30. The molecule has 4 aliphatic rings. The first kappa shape index (κ1) is 28.9. The summed E-state index contributed by atoms with van der Waals surface area (Å²) in [5.41, 5.74) is 8.22. The molecule has 0 saturated carbocycles. The number of piperidine rings is 1. The monoisotopic (exact) mass is 595 g/mol. The van der Waals surface area contributed by atoms with Crippen LogP contribution in [0.25, 0.3) is 22.2 Å². The van der Waals surface area contributed by atoms with Crippen molar-refractivity contribution in [3.8, 4) is 17.3 Å². The van der Waals surface area contributed by atoms with Crippen LogP contribution in [-0.2, 0) is 11.2 Å². The highest BCUT2D eigenvalue weighted by Gasteiger charge is 2.28. The number of hydrogen-bond donors (Lipinski definition) is 2. The molecule has 2 atom stereocenters. The number of amides is 1. The van der Waals surface area contributed by atoms with Gasteiger partial charge in [0.15, 0.2) is 5.82 Å². The van der Waals surface area contributed by atoms with Gasteiger partial charge in [0.1, 0.15) is 23.6 Å². The van der Waals surface area contributed by atoms with Crippen LogP contribution in [0.2, 0.25) is 5.02 Å². The summed E-state index contributed by atoms with van der Waals surface area (Å²) < 4.78 is 22.8. The first-order valence-corrected chi connectivity index (χ1v) is 15.5. The summed E-state index contributed by atoms with van der Waals surface area (Å²) in [6.45, 7) is 3.66. The van der Waals surface area contributed by atoms with Crippen molar-refractivity contribution < 1.29 is 13.9 Å². The SMILES string of the molecule is CN1CCC[C@H]1COc1nc2c3cnc(c(F)c3n1)-c1cc(N)cc(Cl)c1CCCCC(=O)NCCC1CCCN2C1. The molecular formula is C31H39ClFN7O2. The molecule has 2 saturated heterocycles. The van der Waals surface area contributed by atoms with Gasteiger partial charge < -0.3 is 25.6 Å². The molecule has 1 amide bonds. The van der Waals surface area contributed by atoms with Crippen molar-refractivity contribution in [3.05, 3.63) is 34.7 Å². The van der Waals surface area contributed by atoms with E-state index in [-0.39, 0.29) is 29.2 Å².